The Bertz CT molecular complexity index is 265. The minimum Gasteiger partial charge on any atom is -0.317 e. The van der Waals surface area contributed by atoms with Gasteiger partial charge in [0.25, 0.3) is 0 Å². The quantitative estimate of drug-likeness (QED) is 0.827. The number of hydrogen-bond donors (Lipinski definition) is 1. The lowest BCUT2D eigenvalue weighted by Crippen LogP contribution is -2.46. The van der Waals surface area contributed by atoms with Crippen molar-refractivity contribution in [1.29, 1.82) is 0 Å². The minimum atomic E-state index is -2.41. The van der Waals surface area contributed by atoms with Crippen molar-refractivity contribution in [1.82, 2.24) is 10.2 Å². The van der Waals surface area contributed by atoms with Crippen LogP contribution >= 0.6 is 0 Å². The summed E-state index contributed by atoms with van der Waals surface area (Å²) in [6.45, 7) is 6.28. The van der Waals surface area contributed by atoms with Crippen LogP contribution in [-0.2, 0) is 0 Å². The normalized spacial score (nSPS) is 28.7. The predicted octanol–water partition coefficient (Wildman–Crippen LogP) is 3.28. The van der Waals surface area contributed by atoms with Crippen molar-refractivity contribution < 1.29 is 8.78 Å². The Morgan fingerprint density at radius 2 is 1.95 bits per heavy atom. The van der Waals surface area contributed by atoms with Gasteiger partial charge >= 0.3 is 0 Å². The Balaban J connectivity index is 1.88. The van der Waals surface area contributed by atoms with E-state index in [-0.39, 0.29) is 18.8 Å². The van der Waals surface area contributed by atoms with Crippen LogP contribution in [0, 0.1) is 5.92 Å². The number of nitrogens with one attached hydrogen (secondary N) is 1. The molecule has 19 heavy (non-hydrogen) atoms. The zero-order valence-corrected chi connectivity index (χ0v) is 12.1. The van der Waals surface area contributed by atoms with Crippen molar-refractivity contribution in [3.8, 4) is 0 Å². The second-order valence-electron chi connectivity index (χ2n) is 6.29. The lowest BCUT2D eigenvalue weighted by molar-refractivity contribution is -0.0591. The van der Waals surface area contributed by atoms with E-state index < -0.39 is 5.92 Å². The molecule has 2 rings (SSSR count). The lowest BCUT2D eigenvalue weighted by atomic mass is 9.85. The van der Waals surface area contributed by atoms with E-state index in [1.807, 2.05) is 0 Å². The van der Waals surface area contributed by atoms with Crippen LogP contribution in [0.5, 0.6) is 0 Å². The van der Waals surface area contributed by atoms with Gasteiger partial charge in [0.15, 0.2) is 0 Å². The highest BCUT2D eigenvalue weighted by molar-refractivity contribution is 4.84. The maximum Gasteiger partial charge on any atom is 0.248 e. The Kier molecular flexibility index (Phi) is 5.58. The van der Waals surface area contributed by atoms with E-state index in [4.69, 9.17) is 0 Å². The topological polar surface area (TPSA) is 15.3 Å². The molecule has 1 aliphatic heterocycles. The van der Waals surface area contributed by atoms with E-state index >= 15 is 0 Å². The van der Waals surface area contributed by atoms with Crippen LogP contribution in [0.1, 0.15) is 51.9 Å². The third kappa shape index (κ3) is 4.67. The van der Waals surface area contributed by atoms with Gasteiger partial charge in [0, 0.05) is 25.4 Å². The number of halogens is 2. The second-order valence-corrected chi connectivity index (χ2v) is 6.29. The van der Waals surface area contributed by atoms with Crippen molar-refractivity contribution in [2.75, 3.05) is 26.2 Å². The number of nitrogens with zero attached hydrogens (tertiary/aromatic N) is 1. The summed E-state index contributed by atoms with van der Waals surface area (Å²) >= 11 is 0. The van der Waals surface area contributed by atoms with E-state index in [2.05, 4.69) is 17.1 Å². The fourth-order valence-electron chi connectivity index (χ4n) is 3.65. The molecule has 1 atom stereocenters. The summed E-state index contributed by atoms with van der Waals surface area (Å²) in [5.41, 5.74) is 0. The molecule has 1 saturated heterocycles. The molecule has 2 aliphatic rings. The van der Waals surface area contributed by atoms with Crippen LogP contribution in [0.2, 0.25) is 0 Å². The van der Waals surface area contributed by atoms with Crippen molar-refractivity contribution >= 4 is 0 Å². The Labute approximate surface area is 115 Å². The number of piperidine rings is 1. The smallest absolute Gasteiger partial charge is 0.248 e. The number of rotatable bonds is 5. The molecule has 1 N–H and O–H groups in total. The first-order chi connectivity index (χ1) is 9.11. The minimum absolute atomic E-state index is 0.102. The summed E-state index contributed by atoms with van der Waals surface area (Å²) in [7, 11) is 0. The van der Waals surface area contributed by atoms with Crippen molar-refractivity contribution in [3.05, 3.63) is 0 Å². The summed E-state index contributed by atoms with van der Waals surface area (Å²) in [5, 5.41) is 3.38. The van der Waals surface area contributed by atoms with Crippen LogP contribution in [-0.4, -0.2) is 43.0 Å². The van der Waals surface area contributed by atoms with E-state index in [0.717, 1.165) is 39.0 Å². The van der Waals surface area contributed by atoms with Crippen LogP contribution in [0.15, 0.2) is 0 Å². The molecular formula is C15H28F2N2. The third-order valence-corrected chi connectivity index (χ3v) is 4.57. The summed E-state index contributed by atoms with van der Waals surface area (Å²) in [5.74, 6) is -2.21. The molecule has 0 aromatic rings. The molecule has 112 valence electrons. The summed E-state index contributed by atoms with van der Waals surface area (Å²) in [6.07, 6.45) is 5.35. The summed E-state index contributed by atoms with van der Waals surface area (Å²) in [4.78, 5) is 2.49. The molecule has 1 aliphatic carbocycles. The van der Waals surface area contributed by atoms with Crippen LogP contribution < -0.4 is 5.32 Å². The molecular weight excluding hydrogens is 246 g/mol. The summed E-state index contributed by atoms with van der Waals surface area (Å²) in [6, 6.07) is 0.608. The molecule has 2 nitrogen and oxygen atoms in total. The SMILES string of the molecule is CCCN(CC1CCCC(F)(F)C1)C1CCNCC1. The predicted molar refractivity (Wildman–Crippen MR) is 74.7 cm³/mol. The van der Waals surface area contributed by atoms with Gasteiger partial charge in [-0.2, -0.15) is 0 Å². The largest absolute Gasteiger partial charge is 0.317 e. The highest BCUT2D eigenvalue weighted by Crippen LogP contribution is 2.37. The molecule has 1 unspecified atom stereocenters. The fraction of sp³-hybridized carbons (Fsp3) is 1.00. The average Bonchev–Trinajstić information content (AvgIpc) is 2.38. The molecule has 4 heteroatoms. The van der Waals surface area contributed by atoms with Crippen molar-refractivity contribution in [2.45, 2.75) is 63.8 Å². The molecule has 0 radical (unpaired) electrons. The zero-order chi connectivity index (χ0) is 13.7. The van der Waals surface area contributed by atoms with E-state index in [1.54, 1.807) is 0 Å². The third-order valence-electron chi connectivity index (χ3n) is 4.57. The van der Waals surface area contributed by atoms with Crippen LogP contribution in [0.4, 0.5) is 8.78 Å². The molecule has 0 spiro atoms. The Morgan fingerprint density at radius 1 is 1.21 bits per heavy atom. The Hall–Kier alpha value is -0.220. The first kappa shape index (κ1) is 15.2. The van der Waals surface area contributed by atoms with Gasteiger partial charge in [-0.25, -0.2) is 8.78 Å². The van der Waals surface area contributed by atoms with Crippen molar-refractivity contribution in [3.63, 3.8) is 0 Å². The van der Waals surface area contributed by atoms with Crippen LogP contribution in [0.3, 0.4) is 0 Å². The van der Waals surface area contributed by atoms with Crippen molar-refractivity contribution in [2.24, 2.45) is 5.92 Å². The standard InChI is InChI=1S/C15H28F2N2/c1-2-10-19(14-5-8-18-9-6-14)12-13-4-3-7-15(16,17)11-13/h13-14,18H,2-12H2,1H3. The maximum atomic E-state index is 13.5. The Morgan fingerprint density at radius 3 is 2.58 bits per heavy atom. The van der Waals surface area contributed by atoms with Gasteiger partial charge in [0.05, 0.1) is 0 Å². The number of alkyl halides is 2. The zero-order valence-electron chi connectivity index (χ0n) is 12.1. The van der Waals surface area contributed by atoms with Gasteiger partial charge in [0.1, 0.15) is 0 Å². The molecule has 0 amide bonds. The highest BCUT2D eigenvalue weighted by atomic mass is 19.3. The van der Waals surface area contributed by atoms with E-state index in [1.165, 1.54) is 12.8 Å². The van der Waals surface area contributed by atoms with Gasteiger partial charge in [-0.05, 0) is 57.7 Å². The van der Waals surface area contributed by atoms with Gasteiger partial charge in [0.2, 0.25) is 5.92 Å². The molecule has 1 saturated carbocycles. The van der Waals surface area contributed by atoms with Gasteiger partial charge < -0.3 is 10.2 Å². The molecule has 0 aromatic carbocycles. The first-order valence-corrected chi connectivity index (χ1v) is 7.93. The first-order valence-electron chi connectivity index (χ1n) is 7.93. The highest BCUT2D eigenvalue weighted by Gasteiger charge is 2.37. The van der Waals surface area contributed by atoms with Crippen LogP contribution in [0.25, 0.3) is 0 Å². The van der Waals surface area contributed by atoms with E-state index in [9.17, 15) is 8.78 Å². The summed E-state index contributed by atoms with van der Waals surface area (Å²) < 4.78 is 27.0. The van der Waals surface area contributed by atoms with Gasteiger partial charge in [-0.1, -0.05) is 6.92 Å². The second kappa shape index (κ2) is 6.98. The van der Waals surface area contributed by atoms with Gasteiger partial charge in [-0.15, -0.1) is 0 Å². The molecule has 2 fully saturated rings. The lowest BCUT2D eigenvalue weighted by Gasteiger charge is -2.39. The molecule has 0 aromatic heterocycles. The van der Waals surface area contributed by atoms with Gasteiger partial charge in [-0.3, -0.25) is 0 Å². The number of hydrogen-bond acceptors (Lipinski definition) is 2. The fourth-order valence-corrected chi connectivity index (χ4v) is 3.65. The molecule has 0 bridgehead atoms. The van der Waals surface area contributed by atoms with E-state index in [0.29, 0.717) is 12.5 Å². The monoisotopic (exact) mass is 274 g/mol. The molecule has 1 heterocycles. The average molecular weight is 274 g/mol. The maximum absolute atomic E-state index is 13.5.